The molecule has 0 bridgehead atoms. The maximum Gasteiger partial charge on any atom is 0.331 e. The SMILES string of the molecule is CCOc1cc2c(cc1/C=C/C(=O)OCC(=O)NC(=O)NC(C)(C)C)O[C@@H](C)C2. The van der Waals surface area contributed by atoms with Crippen molar-refractivity contribution in [3.63, 3.8) is 0 Å². The molecule has 8 heteroatoms. The Morgan fingerprint density at radius 2 is 2.00 bits per heavy atom. The summed E-state index contributed by atoms with van der Waals surface area (Å²) in [6.07, 6.45) is 3.65. The van der Waals surface area contributed by atoms with E-state index in [1.54, 1.807) is 26.8 Å². The fourth-order valence-electron chi connectivity index (χ4n) is 2.74. The summed E-state index contributed by atoms with van der Waals surface area (Å²) in [4.78, 5) is 35.3. The molecular formula is C21H28N2O6. The standard InChI is InChI=1S/C21H28N2O6/c1-6-27-16-11-15-9-13(2)29-17(15)10-14(16)7-8-19(25)28-12-18(24)22-20(26)23-21(3,4)5/h7-8,10-11,13H,6,9,12H2,1-5H3,(H2,22,23,24,26)/b8-7+/t13-/m0/s1. The average Bonchev–Trinajstić information content (AvgIpc) is 2.95. The number of hydrogen-bond acceptors (Lipinski definition) is 6. The van der Waals surface area contributed by atoms with Crippen LogP contribution in [-0.2, 0) is 20.7 Å². The monoisotopic (exact) mass is 404 g/mol. The van der Waals surface area contributed by atoms with Crippen molar-refractivity contribution in [2.45, 2.75) is 52.7 Å². The van der Waals surface area contributed by atoms with E-state index in [4.69, 9.17) is 14.2 Å². The molecule has 1 aliphatic heterocycles. The van der Waals surface area contributed by atoms with Gasteiger partial charge in [0.1, 0.15) is 17.6 Å². The second kappa shape index (κ2) is 9.45. The number of benzene rings is 1. The highest BCUT2D eigenvalue weighted by atomic mass is 16.5. The van der Waals surface area contributed by atoms with Crippen LogP contribution in [0.1, 0.15) is 45.7 Å². The van der Waals surface area contributed by atoms with Gasteiger partial charge in [-0.05, 0) is 52.8 Å². The highest BCUT2D eigenvalue weighted by Gasteiger charge is 2.21. The van der Waals surface area contributed by atoms with Crippen molar-refractivity contribution in [2.75, 3.05) is 13.2 Å². The Bertz CT molecular complexity index is 810. The summed E-state index contributed by atoms with van der Waals surface area (Å²) in [5.41, 5.74) is 1.25. The van der Waals surface area contributed by atoms with Gasteiger partial charge in [0.05, 0.1) is 6.61 Å². The third kappa shape index (κ3) is 7.14. The number of nitrogens with one attached hydrogen (secondary N) is 2. The number of esters is 1. The van der Waals surface area contributed by atoms with Crippen LogP contribution in [0, 0.1) is 0 Å². The summed E-state index contributed by atoms with van der Waals surface area (Å²) < 4.78 is 16.3. The van der Waals surface area contributed by atoms with Gasteiger partial charge in [-0.15, -0.1) is 0 Å². The Balaban J connectivity index is 1.93. The largest absolute Gasteiger partial charge is 0.493 e. The lowest BCUT2D eigenvalue weighted by Crippen LogP contribution is -2.49. The minimum atomic E-state index is -0.719. The summed E-state index contributed by atoms with van der Waals surface area (Å²) in [6.45, 7) is 9.12. The van der Waals surface area contributed by atoms with Gasteiger partial charge in [0, 0.05) is 29.2 Å². The Hall–Kier alpha value is -3.03. The van der Waals surface area contributed by atoms with Gasteiger partial charge in [-0.3, -0.25) is 10.1 Å². The summed E-state index contributed by atoms with van der Waals surface area (Å²) in [6, 6.07) is 3.08. The molecule has 2 rings (SSSR count). The van der Waals surface area contributed by atoms with Crippen LogP contribution in [0.3, 0.4) is 0 Å². The number of fused-ring (bicyclic) bond motifs is 1. The van der Waals surface area contributed by atoms with Crippen LogP contribution in [0.2, 0.25) is 0 Å². The minimum absolute atomic E-state index is 0.0951. The number of hydrogen-bond donors (Lipinski definition) is 2. The normalized spacial score (nSPS) is 15.4. The minimum Gasteiger partial charge on any atom is -0.493 e. The Morgan fingerprint density at radius 3 is 2.66 bits per heavy atom. The molecule has 0 fully saturated rings. The number of amides is 3. The van der Waals surface area contributed by atoms with Crippen LogP contribution in [0.15, 0.2) is 18.2 Å². The van der Waals surface area contributed by atoms with E-state index in [1.165, 1.54) is 6.08 Å². The lowest BCUT2D eigenvalue weighted by Gasteiger charge is -2.20. The van der Waals surface area contributed by atoms with Gasteiger partial charge < -0.3 is 19.5 Å². The van der Waals surface area contributed by atoms with Gasteiger partial charge in [-0.25, -0.2) is 9.59 Å². The van der Waals surface area contributed by atoms with Crippen molar-refractivity contribution in [3.8, 4) is 11.5 Å². The van der Waals surface area contributed by atoms with Crippen molar-refractivity contribution >= 4 is 24.0 Å². The van der Waals surface area contributed by atoms with Gasteiger partial charge >= 0.3 is 12.0 Å². The molecule has 0 spiro atoms. The van der Waals surface area contributed by atoms with E-state index < -0.39 is 30.1 Å². The van der Waals surface area contributed by atoms with Crippen molar-refractivity contribution in [1.29, 1.82) is 0 Å². The zero-order chi connectivity index (χ0) is 21.6. The molecule has 0 radical (unpaired) electrons. The lowest BCUT2D eigenvalue weighted by atomic mass is 10.1. The van der Waals surface area contributed by atoms with E-state index in [0.29, 0.717) is 17.9 Å². The molecule has 1 aromatic carbocycles. The first-order valence-electron chi connectivity index (χ1n) is 9.50. The van der Waals surface area contributed by atoms with Gasteiger partial charge in [0.2, 0.25) is 0 Å². The van der Waals surface area contributed by atoms with E-state index >= 15 is 0 Å². The zero-order valence-electron chi connectivity index (χ0n) is 17.5. The van der Waals surface area contributed by atoms with Gasteiger partial charge in [-0.1, -0.05) is 0 Å². The van der Waals surface area contributed by atoms with Crippen molar-refractivity contribution < 1.29 is 28.6 Å². The molecule has 2 N–H and O–H groups in total. The summed E-state index contributed by atoms with van der Waals surface area (Å²) >= 11 is 0. The molecule has 0 unspecified atom stereocenters. The Labute approximate surface area is 170 Å². The predicted molar refractivity (Wildman–Crippen MR) is 108 cm³/mol. The fraction of sp³-hybridized carbons (Fsp3) is 0.476. The van der Waals surface area contributed by atoms with Crippen LogP contribution in [-0.4, -0.2) is 42.8 Å². The van der Waals surface area contributed by atoms with E-state index in [0.717, 1.165) is 17.7 Å². The molecule has 0 saturated heterocycles. The molecular weight excluding hydrogens is 376 g/mol. The van der Waals surface area contributed by atoms with Crippen molar-refractivity contribution in [1.82, 2.24) is 10.6 Å². The van der Waals surface area contributed by atoms with Crippen LogP contribution < -0.4 is 20.1 Å². The first kappa shape index (κ1) is 22.3. The molecule has 1 aromatic rings. The summed E-state index contributed by atoms with van der Waals surface area (Å²) in [7, 11) is 0. The highest BCUT2D eigenvalue weighted by Crippen LogP contribution is 2.35. The molecule has 0 saturated carbocycles. The molecule has 158 valence electrons. The molecule has 29 heavy (non-hydrogen) atoms. The molecule has 0 aliphatic carbocycles. The topological polar surface area (TPSA) is 103 Å². The molecule has 1 atom stereocenters. The van der Waals surface area contributed by atoms with Crippen LogP contribution in [0.5, 0.6) is 11.5 Å². The number of ether oxygens (including phenoxy) is 3. The number of carbonyl (C=O) groups excluding carboxylic acids is 3. The number of urea groups is 1. The maximum absolute atomic E-state index is 11.9. The van der Waals surface area contributed by atoms with Crippen molar-refractivity contribution in [3.05, 3.63) is 29.3 Å². The second-order valence-corrected chi connectivity index (χ2v) is 7.76. The van der Waals surface area contributed by atoms with Crippen molar-refractivity contribution in [2.24, 2.45) is 0 Å². The average molecular weight is 404 g/mol. The van der Waals surface area contributed by atoms with E-state index in [-0.39, 0.29) is 6.10 Å². The second-order valence-electron chi connectivity index (χ2n) is 7.76. The summed E-state index contributed by atoms with van der Waals surface area (Å²) in [5.74, 6) is -0.0279. The molecule has 1 heterocycles. The summed E-state index contributed by atoms with van der Waals surface area (Å²) in [5, 5.41) is 4.67. The molecule has 3 amide bonds. The van der Waals surface area contributed by atoms with Gasteiger partial charge in [0.25, 0.3) is 5.91 Å². The molecule has 8 nitrogen and oxygen atoms in total. The zero-order valence-corrected chi connectivity index (χ0v) is 17.5. The number of rotatable bonds is 6. The van der Waals surface area contributed by atoms with Crippen LogP contribution in [0.25, 0.3) is 6.08 Å². The lowest BCUT2D eigenvalue weighted by molar-refractivity contribution is -0.143. The van der Waals surface area contributed by atoms with Gasteiger partial charge in [0.15, 0.2) is 6.61 Å². The van der Waals surface area contributed by atoms with Crippen LogP contribution in [0.4, 0.5) is 4.79 Å². The quantitative estimate of drug-likeness (QED) is 0.558. The third-order valence-corrected chi connectivity index (χ3v) is 3.81. The van der Waals surface area contributed by atoms with E-state index in [2.05, 4.69) is 10.6 Å². The van der Waals surface area contributed by atoms with E-state index in [1.807, 2.05) is 26.0 Å². The highest BCUT2D eigenvalue weighted by molar-refractivity contribution is 5.96. The molecule has 0 aromatic heterocycles. The van der Waals surface area contributed by atoms with Crippen LogP contribution >= 0.6 is 0 Å². The predicted octanol–water partition coefficient (Wildman–Crippen LogP) is 2.59. The maximum atomic E-state index is 11.9. The first-order valence-corrected chi connectivity index (χ1v) is 9.50. The Kier molecular flexibility index (Phi) is 7.25. The first-order chi connectivity index (χ1) is 13.6. The van der Waals surface area contributed by atoms with E-state index in [9.17, 15) is 14.4 Å². The Morgan fingerprint density at radius 1 is 1.28 bits per heavy atom. The number of carbonyl (C=O) groups is 3. The fourth-order valence-corrected chi connectivity index (χ4v) is 2.74. The van der Waals surface area contributed by atoms with Gasteiger partial charge in [-0.2, -0.15) is 0 Å². The smallest absolute Gasteiger partial charge is 0.331 e. The number of imide groups is 1. The molecule has 1 aliphatic rings. The third-order valence-electron chi connectivity index (χ3n) is 3.81.